The molecule has 1 amide bonds. The van der Waals surface area contributed by atoms with Crippen LogP contribution in [0.5, 0.6) is 11.5 Å². The molecule has 0 aliphatic heterocycles. The molecule has 0 aliphatic rings. The fourth-order valence-electron chi connectivity index (χ4n) is 3.19. The Labute approximate surface area is 181 Å². The van der Waals surface area contributed by atoms with Gasteiger partial charge in [-0.05, 0) is 67.8 Å². The zero-order chi connectivity index (χ0) is 21.5. The first kappa shape index (κ1) is 21.7. The van der Waals surface area contributed by atoms with Gasteiger partial charge in [-0.3, -0.25) is 9.78 Å². The molecule has 1 aromatic heterocycles. The van der Waals surface area contributed by atoms with E-state index in [1.807, 2.05) is 44.2 Å². The number of phenolic OH excluding ortho intramolecular Hbond substituents is 1. The van der Waals surface area contributed by atoms with Gasteiger partial charge in [-0.25, -0.2) is 0 Å². The highest BCUT2D eigenvalue weighted by Gasteiger charge is 2.19. The van der Waals surface area contributed by atoms with Crippen molar-refractivity contribution in [3.63, 3.8) is 0 Å². The van der Waals surface area contributed by atoms with E-state index in [2.05, 4.69) is 4.98 Å². The molecule has 0 atom stereocenters. The summed E-state index contributed by atoms with van der Waals surface area (Å²) in [6.07, 6.45) is 2.52. The number of hydrogen-bond donors (Lipinski definition) is 1. The number of aromatic hydroxyl groups is 1. The standard InChI is InChI=1S/C24H25ClN2O3/c1-17-14-20(15-18(2)24(17)25)30-13-7-11-23(29)27(16-19-8-5-6-12-26-19)21-9-3-4-10-22(21)28/h3-6,8-10,12,14-15,28H,7,11,13,16H2,1-2H3. The summed E-state index contributed by atoms with van der Waals surface area (Å²) in [5.74, 6) is 0.701. The number of para-hydroxylation sites is 2. The van der Waals surface area contributed by atoms with Crippen LogP contribution in [0.25, 0.3) is 0 Å². The number of ether oxygens (including phenoxy) is 1. The van der Waals surface area contributed by atoms with E-state index in [-0.39, 0.29) is 24.6 Å². The summed E-state index contributed by atoms with van der Waals surface area (Å²) in [7, 11) is 0. The minimum atomic E-state index is -0.103. The van der Waals surface area contributed by atoms with Gasteiger partial charge >= 0.3 is 0 Å². The second kappa shape index (κ2) is 10.1. The van der Waals surface area contributed by atoms with Crippen molar-refractivity contribution >= 4 is 23.2 Å². The first-order valence-electron chi connectivity index (χ1n) is 9.83. The molecule has 0 unspecified atom stereocenters. The lowest BCUT2D eigenvalue weighted by Crippen LogP contribution is -2.31. The van der Waals surface area contributed by atoms with Crippen LogP contribution >= 0.6 is 11.6 Å². The van der Waals surface area contributed by atoms with Crippen LogP contribution < -0.4 is 9.64 Å². The number of pyridine rings is 1. The summed E-state index contributed by atoms with van der Waals surface area (Å²) in [4.78, 5) is 18.8. The Bertz CT molecular complexity index is 985. The molecule has 2 aromatic carbocycles. The van der Waals surface area contributed by atoms with Crippen molar-refractivity contribution in [2.24, 2.45) is 0 Å². The van der Waals surface area contributed by atoms with Gasteiger partial charge in [0.1, 0.15) is 11.5 Å². The number of anilines is 1. The predicted octanol–water partition coefficient (Wildman–Crippen LogP) is 5.45. The second-order valence-electron chi connectivity index (χ2n) is 7.11. The van der Waals surface area contributed by atoms with Gasteiger partial charge in [0, 0.05) is 17.6 Å². The van der Waals surface area contributed by atoms with Gasteiger partial charge in [-0.15, -0.1) is 0 Å². The molecule has 0 fully saturated rings. The highest BCUT2D eigenvalue weighted by atomic mass is 35.5. The maximum Gasteiger partial charge on any atom is 0.227 e. The first-order valence-corrected chi connectivity index (χ1v) is 10.2. The van der Waals surface area contributed by atoms with E-state index in [4.69, 9.17) is 16.3 Å². The first-order chi connectivity index (χ1) is 14.5. The Kier molecular flexibility index (Phi) is 7.31. The van der Waals surface area contributed by atoms with Crippen LogP contribution in [0.1, 0.15) is 29.7 Å². The fraction of sp³-hybridized carbons (Fsp3) is 0.250. The van der Waals surface area contributed by atoms with E-state index in [9.17, 15) is 9.90 Å². The van der Waals surface area contributed by atoms with Crippen LogP contribution in [0, 0.1) is 13.8 Å². The van der Waals surface area contributed by atoms with Crippen molar-refractivity contribution < 1.29 is 14.6 Å². The number of carbonyl (C=O) groups excluding carboxylic acids is 1. The van der Waals surface area contributed by atoms with Gasteiger partial charge in [0.2, 0.25) is 5.91 Å². The topological polar surface area (TPSA) is 62.7 Å². The van der Waals surface area contributed by atoms with Crippen LogP contribution in [0.15, 0.2) is 60.8 Å². The lowest BCUT2D eigenvalue weighted by Gasteiger charge is -2.23. The van der Waals surface area contributed by atoms with Crippen molar-refractivity contribution in [1.82, 2.24) is 4.98 Å². The average Bonchev–Trinajstić information content (AvgIpc) is 2.74. The molecule has 0 aliphatic carbocycles. The molecule has 3 aromatic rings. The summed E-state index contributed by atoms with van der Waals surface area (Å²) in [6.45, 7) is 4.57. The highest BCUT2D eigenvalue weighted by molar-refractivity contribution is 6.32. The number of carbonyl (C=O) groups is 1. The van der Waals surface area contributed by atoms with Gasteiger partial charge < -0.3 is 14.7 Å². The van der Waals surface area contributed by atoms with E-state index in [0.29, 0.717) is 18.7 Å². The van der Waals surface area contributed by atoms with Gasteiger partial charge in [0.05, 0.1) is 24.5 Å². The summed E-state index contributed by atoms with van der Waals surface area (Å²) in [6, 6.07) is 16.2. The molecule has 1 N–H and O–H groups in total. The Morgan fingerprint density at radius 2 is 1.80 bits per heavy atom. The average molecular weight is 425 g/mol. The number of amides is 1. The highest BCUT2D eigenvalue weighted by Crippen LogP contribution is 2.29. The van der Waals surface area contributed by atoms with E-state index >= 15 is 0 Å². The van der Waals surface area contributed by atoms with Crippen molar-refractivity contribution in [1.29, 1.82) is 0 Å². The molecule has 156 valence electrons. The minimum absolute atomic E-state index is 0.0603. The number of aryl methyl sites for hydroxylation is 2. The zero-order valence-electron chi connectivity index (χ0n) is 17.1. The van der Waals surface area contributed by atoms with Gasteiger partial charge in [-0.2, -0.15) is 0 Å². The number of rotatable bonds is 8. The summed E-state index contributed by atoms with van der Waals surface area (Å²) < 4.78 is 5.81. The number of aromatic nitrogens is 1. The minimum Gasteiger partial charge on any atom is -0.506 e. The van der Waals surface area contributed by atoms with Crippen LogP contribution in [0.2, 0.25) is 5.02 Å². The Balaban J connectivity index is 1.64. The molecule has 0 saturated heterocycles. The van der Waals surface area contributed by atoms with Crippen LogP contribution in [0.3, 0.4) is 0 Å². The lowest BCUT2D eigenvalue weighted by molar-refractivity contribution is -0.119. The maximum atomic E-state index is 13.0. The number of nitrogens with zero attached hydrogens (tertiary/aromatic N) is 2. The third kappa shape index (κ3) is 5.51. The molecular formula is C24H25ClN2O3. The molecule has 3 rings (SSSR count). The Morgan fingerprint density at radius 3 is 2.47 bits per heavy atom. The van der Waals surface area contributed by atoms with Gasteiger partial charge in [0.25, 0.3) is 0 Å². The molecule has 0 saturated carbocycles. The summed E-state index contributed by atoms with van der Waals surface area (Å²) >= 11 is 6.19. The van der Waals surface area contributed by atoms with Gasteiger partial charge in [0.15, 0.2) is 0 Å². The van der Waals surface area contributed by atoms with Crippen molar-refractivity contribution in [2.75, 3.05) is 11.5 Å². The molecule has 0 radical (unpaired) electrons. The van der Waals surface area contributed by atoms with E-state index in [0.717, 1.165) is 27.6 Å². The van der Waals surface area contributed by atoms with Crippen molar-refractivity contribution in [3.05, 3.63) is 82.6 Å². The maximum absolute atomic E-state index is 13.0. The SMILES string of the molecule is Cc1cc(OCCCC(=O)N(Cc2ccccn2)c2ccccc2O)cc(C)c1Cl. The molecule has 1 heterocycles. The number of halogens is 1. The van der Waals surface area contributed by atoms with Crippen LogP contribution in [-0.4, -0.2) is 22.6 Å². The van der Waals surface area contributed by atoms with E-state index in [1.165, 1.54) is 0 Å². The van der Waals surface area contributed by atoms with Crippen molar-refractivity contribution in [3.8, 4) is 11.5 Å². The Hall–Kier alpha value is -3.05. The number of benzene rings is 2. The summed E-state index contributed by atoms with van der Waals surface area (Å²) in [5, 5.41) is 11.0. The normalized spacial score (nSPS) is 10.6. The molecule has 30 heavy (non-hydrogen) atoms. The lowest BCUT2D eigenvalue weighted by atomic mass is 10.1. The largest absolute Gasteiger partial charge is 0.506 e. The third-order valence-corrected chi connectivity index (χ3v) is 5.33. The monoisotopic (exact) mass is 424 g/mol. The summed E-state index contributed by atoms with van der Waals surface area (Å²) in [5.41, 5.74) is 3.14. The van der Waals surface area contributed by atoms with Crippen molar-refractivity contribution in [2.45, 2.75) is 33.2 Å². The Morgan fingerprint density at radius 1 is 1.10 bits per heavy atom. The molecule has 5 nitrogen and oxygen atoms in total. The molecular weight excluding hydrogens is 400 g/mol. The van der Waals surface area contributed by atoms with Crippen LogP contribution in [-0.2, 0) is 11.3 Å². The second-order valence-corrected chi connectivity index (χ2v) is 7.49. The fourth-order valence-corrected chi connectivity index (χ4v) is 3.30. The molecule has 0 bridgehead atoms. The quantitative estimate of drug-likeness (QED) is 0.488. The number of phenols is 1. The van der Waals surface area contributed by atoms with E-state index in [1.54, 1.807) is 35.4 Å². The van der Waals surface area contributed by atoms with E-state index < -0.39 is 0 Å². The third-order valence-electron chi connectivity index (χ3n) is 4.73. The predicted molar refractivity (Wildman–Crippen MR) is 119 cm³/mol. The molecule has 6 heteroatoms. The van der Waals surface area contributed by atoms with Crippen LogP contribution in [0.4, 0.5) is 5.69 Å². The van der Waals surface area contributed by atoms with Gasteiger partial charge in [-0.1, -0.05) is 29.8 Å². The smallest absolute Gasteiger partial charge is 0.227 e. The molecule has 0 spiro atoms. The number of hydrogen-bond acceptors (Lipinski definition) is 4. The zero-order valence-corrected chi connectivity index (χ0v) is 17.9.